The van der Waals surface area contributed by atoms with Crippen molar-refractivity contribution >= 4 is 35.5 Å². The fourth-order valence-corrected chi connectivity index (χ4v) is 2.49. The quantitative estimate of drug-likeness (QED) is 0.125. The molecule has 0 spiro atoms. The Bertz CT molecular complexity index is 726. The Morgan fingerprint density at radius 1 is 0.812 bits per heavy atom. The minimum atomic E-state index is -1.50. The molecule has 0 saturated heterocycles. The van der Waals surface area contributed by atoms with Crippen LogP contribution in [0.2, 0.25) is 0 Å². The first-order valence-electron chi connectivity index (χ1n) is 9.81. The second-order valence-corrected chi connectivity index (χ2v) is 7.63. The number of hydrogen-bond acceptors (Lipinski definition) is 8. The summed E-state index contributed by atoms with van der Waals surface area (Å²) in [6.45, 7) is 4.38. The predicted molar refractivity (Wildman–Crippen MR) is 110 cm³/mol. The van der Waals surface area contributed by atoms with Gasteiger partial charge in [-0.1, -0.05) is 13.8 Å². The number of carbonyl (C=O) groups excluding carboxylic acids is 5. The monoisotopic (exact) mass is 460 g/mol. The van der Waals surface area contributed by atoms with E-state index in [4.69, 9.17) is 17.2 Å². The van der Waals surface area contributed by atoms with E-state index >= 15 is 0 Å². The van der Waals surface area contributed by atoms with E-state index < -0.39 is 78.1 Å². The van der Waals surface area contributed by atoms with Crippen LogP contribution < -0.4 is 33.2 Å². The van der Waals surface area contributed by atoms with Crippen LogP contribution in [0.4, 0.5) is 0 Å². The zero-order valence-electron chi connectivity index (χ0n) is 18.2. The predicted octanol–water partition coefficient (Wildman–Crippen LogP) is -3.97. The first-order valence-corrected chi connectivity index (χ1v) is 9.81. The number of primary amides is 2. The molecule has 32 heavy (non-hydrogen) atoms. The largest absolute Gasteiger partial charge is 0.480 e. The molecule has 5 atom stereocenters. The summed E-state index contributed by atoms with van der Waals surface area (Å²) >= 11 is 0. The van der Waals surface area contributed by atoms with Gasteiger partial charge in [-0.3, -0.25) is 24.0 Å². The van der Waals surface area contributed by atoms with Crippen molar-refractivity contribution in [1.29, 1.82) is 0 Å². The molecule has 0 radical (unpaired) electrons. The topological polar surface area (TPSA) is 257 Å². The Labute approximate surface area is 184 Å². The van der Waals surface area contributed by atoms with Crippen LogP contribution in [0.3, 0.4) is 0 Å². The maximum Gasteiger partial charge on any atom is 0.326 e. The fourth-order valence-electron chi connectivity index (χ4n) is 2.49. The summed E-state index contributed by atoms with van der Waals surface area (Å²) in [5, 5.41) is 25.4. The summed E-state index contributed by atoms with van der Waals surface area (Å²) in [5.41, 5.74) is 15.6. The molecule has 5 unspecified atom stereocenters. The summed E-state index contributed by atoms with van der Waals surface area (Å²) < 4.78 is 0. The van der Waals surface area contributed by atoms with E-state index in [9.17, 15) is 39.0 Å². The highest BCUT2D eigenvalue weighted by Crippen LogP contribution is 2.06. The van der Waals surface area contributed by atoms with E-state index in [-0.39, 0.29) is 12.8 Å². The van der Waals surface area contributed by atoms with E-state index in [1.807, 2.05) is 0 Å². The number of rotatable bonds is 14. The molecule has 0 aliphatic carbocycles. The van der Waals surface area contributed by atoms with Gasteiger partial charge in [-0.25, -0.2) is 4.79 Å². The van der Waals surface area contributed by atoms with E-state index in [1.165, 1.54) is 6.92 Å². The van der Waals surface area contributed by atoms with Gasteiger partial charge in [0.25, 0.3) is 0 Å². The van der Waals surface area contributed by atoms with Crippen molar-refractivity contribution in [3.05, 3.63) is 0 Å². The van der Waals surface area contributed by atoms with Crippen LogP contribution in [0.15, 0.2) is 0 Å². The van der Waals surface area contributed by atoms with Gasteiger partial charge in [0.15, 0.2) is 0 Å². The molecule has 0 heterocycles. The molecule has 0 saturated carbocycles. The van der Waals surface area contributed by atoms with Crippen LogP contribution in [0, 0.1) is 5.92 Å². The zero-order chi connectivity index (χ0) is 25.2. The normalized spacial score (nSPS) is 15.6. The van der Waals surface area contributed by atoms with E-state index in [0.29, 0.717) is 0 Å². The Kier molecular flexibility index (Phi) is 11.9. The van der Waals surface area contributed by atoms with Crippen molar-refractivity contribution in [1.82, 2.24) is 16.0 Å². The average molecular weight is 460 g/mol. The Morgan fingerprint density at radius 3 is 1.75 bits per heavy atom. The lowest BCUT2D eigenvalue weighted by molar-refractivity contribution is -0.143. The van der Waals surface area contributed by atoms with Crippen molar-refractivity contribution in [2.75, 3.05) is 0 Å². The van der Waals surface area contributed by atoms with Gasteiger partial charge in [-0.05, 0) is 19.3 Å². The smallest absolute Gasteiger partial charge is 0.326 e. The second kappa shape index (κ2) is 13.2. The maximum absolute atomic E-state index is 12.7. The average Bonchev–Trinajstić information content (AvgIpc) is 2.66. The molecule has 182 valence electrons. The highest BCUT2D eigenvalue weighted by molar-refractivity contribution is 5.96. The van der Waals surface area contributed by atoms with Crippen molar-refractivity contribution < 1.29 is 39.0 Å². The van der Waals surface area contributed by atoms with E-state index in [0.717, 1.165) is 0 Å². The van der Waals surface area contributed by atoms with Crippen LogP contribution in [0.1, 0.15) is 40.0 Å². The molecule has 0 bridgehead atoms. The zero-order valence-corrected chi connectivity index (χ0v) is 18.2. The molecule has 0 aliphatic heterocycles. The minimum Gasteiger partial charge on any atom is -0.480 e. The molecule has 0 aliphatic rings. The van der Waals surface area contributed by atoms with Crippen LogP contribution in [-0.4, -0.2) is 76.0 Å². The van der Waals surface area contributed by atoms with E-state index in [1.54, 1.807) is 13.8 Å². The van der Waals surface area contributed by atoms with Crippen LogP contribution in [0.5, 0.6) is 0 Å². The number of aliphatic hydroxyl groups is 1. The number of nitrogens with one attached hydrogen (secondary N) is 3. The maximum atomic E-state index is 12.7. The van der Waals surface area contributed by atoms with Crippen molar-refractivity contribution in [2.24, 2.45) is 23.1 Å². The first kappa shape index (κ1) is 28.7. The molecular weight excluding hydrogens is 428 g/mol. The Hall–Kier alpha value is -3.26. The molecule has 5 amide bonds. The molecule has 0 aromatic carbocycles. The first-order chi connectivity index (χ1) is 14.7. The SMILES string of the molecule is CC(C)C(NC(=O)C(CC(N)=O)NC(=O)C(N)C(C)O)C(=O)NC(CCC(N)=O)C(=O)O. The standard InChI is InChI=1S/C18H32N6O8/c1-7(2)14(17(30)22-9(18(31)32)4-5-11(19)26)24-15(28)10(6-12(20)27)23-16(29)13(21)8(3)25/h7-10,13-14,25H,4-6,21H2,1-3H3,(H2,19,26)(H2,20,27)(H,22,30)(H,23,29)(H,24,28)(H,31,32). The molecule has 14 nitrogen and oxygen atoms in total. The lowest BCUT2D eigenvalue weighted by Crippen LogP contribution is -2.59. The highest BCUT2D eigenvalue weighted by atomic mass is 16.4. The number of nitrogens with two attached hydrogens (primary N) is 3. The second-order valence-electron chi connectivity index (χ2n) is 7.63. The van der Waals surface area contributed by atoms with Gasteiger partial charge < -0.3 is 43.4 Å². The molecule has 14 heteroatoms. The summed E-state index contributed by atoms with van der Waals surface area (Å²) in [6.07, 6.45) is -2.40. The molecular formula is C18H32N6O8. The third-order valence-corrected chi connectivity index (χ3v) is 4.40. The highest BCUT2D eigenvalue weighted by Gasteiger charge is 2.33. The van der Waals surface area contributed by atoms with Crippen molar-refractivity contribution in [3.63, 3.8) is 0 Å². The van der Waals surface area contributed by atoms with Crippen LogP contribution in [0.25, 0.3) is 0 Å². The lowest BCUT2D eigenvalue weighted by Gasteiger charge is -2.27. The molecule has 0 rings (SSSR count). The number of carbonyl (C=O) groups is 6. The number of aliphatic hydroxyl groups excluding tert-OH is 1. The Balaban J connectivity index is 5.45. The summed E-state index contributed by atoms with van der Waals surface area (Å²) in [5.74, 6) is -6.36. The summed E-state index contributed by atoms with van der Waals surface area (Å²) in [7, 11) is 0. The Morgan fingerprint density at radius 2 is 1.34 bits per heavy atom. The molecule has 0 fully saturated rings. The van der Waals surface area contributed by atoms with Gasteiger partial charge in [0.1, 0.15) is 24.2 Å². The number of amides is 5. The third kappa shape index (κ3) is 10.2. The lowest BCUT2D eigenvalue weighted by atomic mass is 10.0. The van der Waals surface area contributed by atoms with E-state index in [2.05, 4.69) is 16.0 Å². The van der Waals surface area contributed by atoms with Crippen LogP contribution >= 0.6 is 0 Å². The molecule has 0 aromatic heterocycles. The van der Waals surface area contributed by atoms with Gasteiger partial charge >= 0.3 is 5.97 Å². The molecule has 0 aromatic rings. The number of aliphatic carboxylic acids is 1. The number of hydrogen-bond donors (Lipinski definition) is 8. The van der Waals surface area contributed by atoms with Gasteiger partial charge in [-0.2, -0.15) is 0 Å². The summed E-state index contributed by atoms with van der Waals surface area (Å²) in [4.78, 5) is 70.9. The van der Waals surface area contributed by atoms with Gasteiger partial charge in [0.05, 0.1) is 12.5 Å². The third-order valence-electron chi connectivity index (χ3n) is 4.40. The van der Waals surface area contributed by atoms with Crippen LogP contribution in [-0.2, 0) is 28.8 Å². The number of carboxylic acids is 1. The number of carboxylic acid groups (broad SMARTS) is 1. The minimum absolute atomic E-state index is 0.257. The van der Waals surface area contributed by atoms with Gasteiger partial charge in [0.2, 0.25) is 29.5 Å². The summed E-state index contributed by atoms with van der Waals surface area (Å²) in [6, 6.07) is -5.57. The molecule has 11 N–H and O–H groups in total. The van der Waals surface area contributed by atoms with Gasteiger partial charge in [0, 0.05) is 6.42 Å². The van der Waals surface area contributed by atoms with Crippen molar-refractivity contribution in [3.8, 4) is 0 Å². The van der Waals surface area contributed by atoms with Crippen molar-refractivity contribution in [2.45, 2.75) is 70.3 Å². The fraction of sp³-hybridized carbons (Fsp3) is 0.667. The van der Waals surface area contributed by atoms with Gasteiger partial charge in [-0.15, -0.1) is 0 Å².